The van der Waals surface area contributed by atoms with Crippen LogP contribution in [0.25, 0.3) is 0 Å². The van der Waals surface area contributed by atoms with Crippen molar-refractivity contribution in [2.45, 2.75) is 44.9 Å². The van der Waals surface area contributed by atoms with Crippen LogP contribution in [0.3, 0.4) is 0 Å². The van der Waals surface area contributed by atoms with Crippen LogP contribution >= 0.6 is 0 Å². The number of carbonyl (C=O) groups excluding carboxylic acids is 1. The first kappa shape index (κ1) is 15.8. The number of aliphatic carboxylic acids is 2. The van der Waals surface area contributed by atoms with Crippen molar-refractivity contribution in [2.75, 3.05) is 13.1 Å². The van der Waals surface area contributed by atoms with E-state index in [1.54, 1.807) is 0 Å². The van der Waals surface area contributed by atoms with Crippen LogP contribution in [0.2, 0.25) is 0 Å². The van der Waals surface area contributed by atoms with Gasteiger partial charge in [0, 0.05) is 19.5 Å². The largest absolute Gasteiger partial charge is 0.481 e. The number of hydrogen-bond acceptors (Lipinski definition) is 3. The second-order valence-electron chi connectivity index (χ2n) is 6.21. The third-order valence-corrected chi connectivity index (χ3v) is 4.77. The minimum atomic E-state index is -1.06. The fraction of sp³-hybridized carbons (Fsp3) is 0.800. The highest BCUT2D eigenvalue weighted by atomic mass is 16.4. The van der Waals surface area contributed by atoms with Gasteiger partial charge in [0.05, 0.1) is 11.8 Å². The molecule has 1 heterocycles. The standard InChI is InChI=1S/C15H23NO5/c17-13(16-6-2-1-3-7-16)9-10-4-5-11(14(18)19)12(8-10)15(20)21/h10-12H,1-9H2,(H,18,19)(H,20,21)/t10?,11-,12-/m0/s1. The van der Waals surface area contributed by atoms with Crippen LogP contribution in [0.4, 0.5) is 0 Å². The summed E-state index contributed by atoms with van der Waals surface area (Å²) in [4.78, 5) is 36.4. The maximum atomic E-state index is 12.2. The van der Waals surface area contributed by atoms with Crippen LogP contribution in [0.15, 0.2) is 0 Å². The van der Waals surface area contributed by atoms with Gasteiger partial charge in [-0.2, -0.15) is 0 Å². The molecule has 0 radical (unpaired) electrons. The second kappa shape index (κ2) is 6.91. The summed E-state index contributed by atoms with van der Waals surface area (Å²) in [6.07, 6.45) is 4.87. The molecule has 2 fully saturated rings. The Morgan fingerprint density at radius 1 is 0.905 bits per heavy atom. The highest BCUT2D eigenvalue weighted by Crippen LogP contribution is 2.36. The molecular formula is C15H23NO5. The van der Waals surface area contributed by atoms with E-state index in [0.29, 0.717) is 25.7 Å². The van der Waals surface area contributed by atoms with Gasteiger partial charge in [-0.1, -0.05) is 0 Å². The second-order valence-corrected chi connectivity index (χ2v) is 6.21. The van der Waals surface area contributed by atoms with Crippen LogP contribution in [-0.4, -0.2) is 46.0 Å². The van der Waals surface area contributed by atoms with Crippen molar-refractivity contribution in [3.63, 3.8) is 0 Å². The van der Waals surface area contributed by atoms with Crippen LogP contribution in [-0.2, 0) is 14.4 Å². The zero-order chi connectivity index (χ0) is 15.4. The minimum absolute atomic E-state index is 0.00359. The van der Waals surface area contributed by atoms with Gasteiger partial charge in [-0.3, -0.25) is 14.4 Å². The summed E-state index contributed by atoms with van der Waals surface area (Å²) >= 11 is 0. The lowest BCUT2D eigenvalue weighted by Crippen LogP contribution is -2.39. The van der Waals surface area contributed by atoms with E-state index in [0.717, 1.165) is 32.4 Å². The van der Waals surface area contributed by atoms with Gasteiger partial charge in [-0.15, -0.1) is 0 Å². The maximum absolute atomic E-state index is 12.2. The van der Waals surface area contributed by atoms with Crippen molar-refractivity contribution in [1.29, 1.82) is 0 Å². The average Bonchev–Trinajstić information content (AvgIpc) is 2.47. The van der Waals surface area contributed by atoms with Crippen LogP contribution in [0.1, 0.15) is 44.9 Å². The Labute approximate surface area is 124 Å². The lowest BCUT2D eigenvalue weighted by molar-refractivity contribution is -0.157. The smallest absolute Gasteiger partial charge is 0.307 e. The first-order chi connectivity index (χ1) is 9.99. The molecule has 1 saturated heterocycles. The van der Waals surface area contributed by atoms with Crippen molar-refractivity contribution in [2.24, 2.45) is 17.8 Å². The van der Waals surface area contributed by atoms with Gasteiger partial charge in [0.25, 0.3) is 0 Å². The highest BCUT2D eigenvalue weighted by Gasteiger charge is 2.40. The SMILES string of the molecule is O=C(O)[C@H]1CCC(CC(=O)N2CCCCC2)C[C@@H]1C(=O)O. The Balaban J connectivity index is 1.91. The van der Waals surface area contributed by atoms with E-state index in [9.17, 15) is 19.5 Å². The summed E-state index contributed by atoms with van der Waals surface area (Å²) in [5.41, 5.74) is 0. The van der Waals surface area contributed by atoms with Crippen molar-refractivity contribution in [3.05, 3.63) is 0 Å². The maximum Gasteiger partial charge on any atom is 0.307 e. The lowest BCUT2D eigenvalue weighted by atomic mass is 9.73. The fourth-order valence-corrected chi connectivity index (χ4v) is 3.53. The van der Waals surface area contributed by atoms with Gasteiger partial charge in [-0.25, -0.2) is 0 Å². The zero-order valence-corrected chi connectivity index (χ0v) is 12.2. The molecule has 6 nitrogen and oxygen atoms in total. The summed E-state index contributed by atoms with van der Waals surface area (Å²) in [6, 6.07) is 0. The number of amides is 1. The van der Waals surface area contributed by atoms with Gasteiger partial charge in [0.2, 0.25) is 5.91 Å². The molecule has 0 aromatic heterocycles. The molecule has 0 spiro atoms. The predicted molar refractivity (Wildman–Crippen MR) is 74.6 cm³/mol. The Morgan fingerprint density at radius 3 is 2.10 bits per heavy atom. The van der Waals surface area contributed by atoms with Gasteiger partial charge in [0.15, 0.2) is 0 Å². The molecule has 0 aromatic rings. The highest BCUT2D eigenvalue weighted by molar-refractivity contribution is 5.80. The number of hydrogen-bond donors (Lipinski definition) is 2. The van der Waals surface area contributed by atoms with E-state index in [2.05, 4.69) is 0 Å². The molecule has 2 rings (SSSR count). The molecule has 1 unspecified atom stereocenters. The van der Waals surface area contributed by atoms with Gasteiger partial charge >= 0.3 is 11.9 Å². The molecule has 1 aliphatic carbocycles. The third-order valence-electron chi connectivity index (χ3n) is 4.77. The van der Waals surface area contributed by atoms with E-state index in [4.69, 9.17) is 5.11 Å². The summed E-state index contributed by atoms with van der Waals surface area (Å²) < 4.78 is 0. The Bertz CT molecular complexity index is 416. The molecule has 0 aromatic carbocycles. The van der Waals surface area contributed by atoms with Crippen LogP contribution in [0.5, 0.6) is 0 Å². The Kier molecular flexibility index (Phi) is 5.20. The molecule has 2 aliphatic rings. The number of rotatable bonds is 4. The summed E-state index contributed by atoms with van der Waals surface area (Å²) in [7, 11) is 0. The number of carboxylic acids is 2. The minimum Gasteiger partial charge on any atom is -0.481 e. The number of carboxylic acid groups (broad SMARTS) is 2. The lowest BCUT2D eigenvalue weighted by Gasteiger charge is -2.33. The number of piperidine rings is 1. The number of carbonyl (C=O) groups is 3. The number of likely N-dealkylation sites (tertiary alicyclic amines) is 1. The summed E-state index contributed by atoms with van der Waals surface area (Å²) in [5.74, 6) is -3.69. The van der Waals surface area contributed by atoms with Crippen molar-refractivity contribution in [1.82, 2.24) is 4.90 Å². The first-order valence-electron chi connectivity index (χ1n) is 7.72. The van der Waals surface area contributed by atoms with E-state index in [1.807, 2.05) is 4.90 Å². The quantitative estimate of drug-likeness (QED) is 0.821. The van der Waals surface area contributed by atoms with E-state index < -0.39 is 23.8 Å². The Morgan fingerprint density at radius 2 is 1.52 bits per heavy atom. The van der Waals surface area contributed by atoms with Crippen LogP contribution < -0.4 is 0 Å². The van der Waals surface area contributed by atoms with Crippen molar-refractivity contribution >= 4 is 17.8 Å². The molecule has 3 atom stereocenters. The van der Waals surface area contributed by atoms with E-state index in [-0.39, 0.29) is 11.8 Å². The molecule has 6 heteroatoms. The van der Waals surface area contributed by atoms with Crippen molar-refractivity contribution < 1.29 is 24.6 Å². The molecule has 2 N–H and O–H groups in total. The predicted octanol–water partition coefficient (Wildman–Crippen LogP) is 1.59. The molecule has 21 heavy (non-hydrogen) atoms. The van der Waals surface area contributed by atoms with Gasteiger partial charge < -0.3 is 15.1 Å². The van der Waals surface area contributed by atoms with E-state index in [1.165, 1.54) is 0 Å². The molecule has 1 saturated carbocycles. The monoisotopic (exact) mass is 297 g/mol. The molecule has 1 amide bonds. The van der Waals surface area contributed by atoms with Crippen molar-refractivity contribution in [3.8, 4) is 0 Å². The Hall–Kier alpha value is -1.59. The summed E-state index contributed by atoms with van der Waals surface area (Å²) in [5, 5.41) is 18.3. The molecule has 0 bridgehead atoms. The topological polar surface area (TPSA) is 94.9 Å². The zero-order valence-electron chi connectivity index (χ0n) is 12.2. The van der Waals surface area contributed by atoms with Crippen LogP contribution in [0, 0.1) is 17.8 Å². The third kappa shape index (κ3) is 3.95. The molecule has 118 valence electrons. The first-order valence-corrected chi connectivity index (χ1v) is 7.72. The average molecular weight is 297 g/mol. The fourth-order valence-electron chi connectivity index (χ4n) is 3.53. The molecular weight excluding hydrogens is 274 g/mol. The van der Waals surface area contributed by atoms with E-state index >= 15 is 0 Å². The normalized spacial score (nSPS) is 29.9. The number of nitrogens with zero attached hydrogens (tertiary/aromatic N) is 1. The van der Waals surface area contributed by atoms with Gasteiger partial charge in [0.1, 0.15) is 0 Å². The summed E-state index contributed by atoms with van der Waals surface area (Å²) in [6.45, 7) is 1.59. The molecule has 1 aliphatic heterocycles. The van der Waals surface area contributed by atoms with Gasteiger partial charge in [-0.05, 0) is 44.4 Å².